The third-order valence-electron chi connectivity index (χ3n) is 6.23. The molecule has 0 radical (unpaired) electrons. The maximum Gasteiger partial charge on any atom is 0.232 e. The minimum absolute atomic E-state index is 0.0233. The third kappa shape index (κ3) is 5.89. The van der Waals surface area contributed by atoms with Crippen LogP contribution >= 0.6 is 0 Å². The molecule has 182 valence electrons. The van der Waals surface area contributed by atoms with Crippen molar-refractivity contribution in [2.75, 3.05) is 22.0 Å². The van der Waals surface area contributed by atoms with E-state index in [0.717, 1.165) is 35.2 Å². The SMILES string of the molecule is CS(=O)(=O)N(Cc1ccccc1)c1ccc2c(c1)CCCN2C(=O)CCc1ccc(C(=N)N)cc1. The lowest BCUT2D eigenvalue weighted by Crippen LogP contribution is -2.36. The van der Waals surface area contributed by atoms with E-state index >= 15 is 0 Å². The number of carbonyl (C=O) groups excluding carboxylic acids is 1. The van der Waals surface area contributed by atoms with Crippen molar-refractivity contribution in [3.8, 4) is 0 Å². The molecule has 0 unspecified atom stereocenters. The number of nitrogens with one attached hydrogen (secondary N) is 1. The lowest BCUT2D eigenvalue weighted by atomic mass is 9.99. The summed E-state index contributed by atoms with van der Waals surface area (Å²) in [6.07, 6.45) is 3.80. The molecule has 0 saturated heterocycles. The topological polar surface area (TPSA) is 108 Å². The van der Waals surface area contributed by atoms with Crippen LogP contribution in [0.1, 0.15) is 35.1 Å². The fraction of sp³-hybridized carbons (Fsp3) is 0.259. The number of rotatable bonds is 8. The van der Waals surface area contributed by atoms with Crippen molar-refractivity contribution in [2.45, 2.75) is 32.2 Å². The van der Waals surface area contributed by atoms with Gasteiger partial charge in [-0.05, 0) is 54.2 Å². The second-order valence-electron chi connectivity index (χ2n) is 8.83. The van der Waals surface area contributed by atoms with Crippen LogP contribution in [-0.2, 0) is 34.2 Å². The fourth-order valence-corrected chi connectivity index (χ4v) is 5.26. The number of carbonyl (C=O) groups is 1. The van der Waals surface area contributed by atoms with Gasteiger partial charge in [-0.25, -0.2) is 8.42 Å². The number of amides is 1. The molecule has 7 nitrogen and oxygen atoms in total. The van der Waals surface area contributed by atoms with Crippen LogP contribution in [0.25, 0.3) is 0 Å². The molecule has 1 amide bonds. The first-order valence-corrected chi connectivity index (χ1v) is 13.5. The number of nitrogen functional groups attached to an aromatic ring is 1. The molecule has 0 bridgehead atoms. The zero-order valence-electron chi connectivity index (χ0n) is 19.8. The Kier molecular flexibility index (Phi) is 7.21. The summed E-state index contributed by atoms with van der Waals surface area (Å²) in [6, 6.07) is 22.4. The highest BCUT2D eigenvalue weighted by molar-refractivity contribution is 7.92. The van der Waals surface area contributed by atoms with Crippen molar-refractivity contribution >= 4 is 33.1 Å². The van der Waals surface area contributed by atoms with Crippen LogP contribution in [0.2, 0.25) is 0 Å². The first-order chi connectivity index (χ1) is 16.7. The minimum Gasteiger partial charge on any atom is -0.384 e. The van der Waals surface area contributed by atoms with Gasteiger partial charge in [0.1, 0.15) is 5.84 Å². The summed E-state index contributed by atoms with van der Waals surface area (Å²) in [5, 5.41) is 7.49. The number of nitrogens with two attached hydrogens (primary N) is 1. The van der Waals surface area contributed by atoms with Crippen molar-refractivity contribution in [1.29, 1.82) is 5.41 Å². The molecule has 4 rings (SSSR count). The number of aryl methyl sites for hydroxylation is 2. The number of hydrogen-bond donors (Lipinski definition) is 2. The van der Waals surface area contributed by atoms with E-state index in [4.69, 9.17) is 11.1 Å². The highest BCUT2D eigenvalue weighted by Crippen LogP contribution is 2.33. The summed E-state index contributed by atoms with van der Waals surface area (Å²) in [7, 11) is -3.49. The molecule has 0 fully saturated rings. The van der Waals surface area contributed by atoms with Gasteiger partial charge in [-0.15, -0.1) is 0 Å². The Labute approximate surface area is 206 Å². The van der Waals surface area contributed by atoms with Crippen molar-refractivity contribution in [3.05, 3.63) is 95.1 Å². The molecule has 1 heterocycles. The van der Waals surface area contributed by atoms with Gasteiger partial charge in [-0.1, -0.05) is 54.6 Å². The van der Waals surface area contributed by atoms with Gasteiger partial charge in [0.15, 0.2) is 0 Å². The Morgan fingerprint density at radius 3 is 2.40 bits per heavy atom. The Balaban J connectivity index is 1.51. The van der Waals surface area contributed by atoms with Gasteiger partial charge in [0.05, 0.1) is 18.5 Å². The van der Waals surface area contributed by atoms with Gasteiger partial charge in [0.2, 0.25) is 15.9 Å². The van der Waals surface area contributed by atoms with E-state index in [1.165, 1.54) is 10.6 Å². The molecule has 1 aliphatic rings. The first kappa shape index (κ1) is 24.5. The normalized spacial score (nSPS) is 13.2. The summed E-state index contributed by atoms with van der Waals surface area (Å²) in [4.78, 5) is 14.9. The predicted molar refractivity (Wildman–Crippen MR) is 140 cm³/mol. The summed E-state index contributed by atoms with van der Waals surface area (Å²) in [5.74, 6) is 0.0636. The summed E-state index contributed by atoms with van der Waals surface area (Å²) < 4.78 is 26.6. The number of anilines is 2. The highest BCUT2D eigenvalue weighted by Gasteiger charge is 2.25. The van der Waals surface area contributed by atoms with Crippen molar-refractivity contribution < 1.29 is 13.2 Å². The molecule has 8 heteroatoms. The molecule has 3 aromatic rings. The average Bonchev–Trinajstić information content (AvgIpc) is 2.85. The van der Waals surface area contributed by atoms with E-state index < -0.39 is 10.0 Å². The number of amidine groups is 1. The summed E-state index contributed by atoms with van der Waals surface area (Å²) >= 11 is 0. The van der Waals surface area contributed by atoms with Crippen molar-refractivity contribution in [3.63, 3.8) is 0 Å². The fourth-order valence-electron chi connectivity index (χ4n) is 4.38. The van der Waals surface area contributed by atoms with E-state index in [0.29, 0.717) is 30.6 Å². The molecule has 0 spiro atoms. The second kappa shape index (κ2) is 10.3. The Bertz CT molecular complexity index is 1320. The predicted octanol–water partition coefficient (Wildman–Crippen LogP) is 3.85. The lowest BCUT2D eigenvalue weighted by Gasteiger charge is -2.31. The zero-order valence-corrected chi connectivity index (χ0v) is 20.6. The molecule has 0 saturated carbocycles. The summed E-state index contributed by atoms with van der Waals surface area (Å²) in [6.45, 7) is 0.901. The van der Waals surface area contributed by atoms with Gasteiger partial charge < -0.3 is 10.6 Å². The van der Waals surface area contributed by atoms with E-state index in [-0.39, 0.29) is 18.3 Å². The molecule has 0 aromatic heterocycles. The van der Waals surface area contributed by atoms with E-state index in [1.54, 1.807) is 18.2 Å². The molecule has 0 atom stereocenters. The molecular formula is C27H30N4O3S. The van der Waals surface area contributed by atoms with Gasteiger partial charge in [0.25, 0.3) is 0 Å². The molecule has 35 heavy (non-hydrogen) atoms. The lowest BCUT2D eigenvalue weighted by molar-refractivity contribution is -0.118. The number of sulfonamides is 1. The smallest absolute Gasteiger partial charge is 0.232 e. The van der Waals surface area contributed by atoms with Gasteiger partial charge in [0, 0.05) is 24.2 Å². The van der Waals surface area contributed by atoms with Gasteiger partial charge in [-0.2, -0.15) is 0 Å². The van der Waals surface area contributed by atoms with E-state index in [9.17, 15) is 13.2 Å². The maximum absolute atomic E-state index is 13.1. The van der Waals surface area contributed by atoms with Crippen LogP contribution in [0.4, 0.5) is 11.4 Å². The van der Waals surface area contributed by atoms with Crippen LogP contribution in [0.3, 0.4) is 0 Å². The van der Waals surface area contributed by atoms with Gasteiger partial charge in [-0.3, -0.25) is 14.5 Å². The number of benzene rings is 3. The number of fused-ring (bicyclic) bond motifs is 1. The number of hydrogen-bond acceptors (Lipinski definition) is 4. The third-order valence-corrected chi connectivity index (χ3v) is 7.37. The Morgan fingerprint density at radius 1 is 1.03 bits per heavy atom. The highest BCUT2D eigenvalue weighted by atomic mass is 32.2. The molecule has 1 aliphatic heterocycles. The quantitative estimate of drug-likeness (QED) is 0.369. The van der Waals surface area contributed by atoms with E-state index in [1.807, 2.05) is 59.5 Å². The molecule has 3 N–H and O–H groups in total. The van der Waals surface area contributed by atoms with E-state index in [2.05, 4.69) is 0 Å². The van der Waals surface area contributed by atoms with Crippen LogP contribution < -0.4 is 14.9 Å². The van der Waals surface area contributed by atoms with Crippen molar-refractivity contribution in [1.82, 2.24) is 0 Å². The largest absolute Gasteiger partial charge is 0.384 e. The molecular weight excluding hydrogens is 460 g/mol. The van der Waals surface area contributed by atoms with Crippen LogP contribution in [-0.4, -0.2) is 33.0 Å². The van der Waals surface area contributed by atoms with Crippen LogP contribution in [0, 0.1) is 5.41 Å². The zero-order chi connectivity index (χ0) is 25.0. The Hall–Kier alpha value is -3.65. The van der Waals surface area contributed by atoms with Crippen LogP contribution in [0.5, 0.6) is 0 Å². The monoisotopic (exact) mass is 490 g/mol. The van der Waals surface area contributed by atoms with Gasteiger partial charge >= 0.3 is 0 Å². The van der Waals surface area contributed by atoms with Crippen LogP contribution in [0.15, 0.2) is 72.8 Å². The minimum atomic E-state index is -3.49. The summed E-state index contributed by atoms with van der Waals surface area (Å²) in [5.41, 5.74) is 10.5. The molecule has 3 aromatic carbocycles. The Morgan fingerprint density at radius 2 is 1.74 bits per heavy atom. The second-order valence-corrected chi connectivity index (χ2v) is 10.7. The van der Waals surface area contributed by atoms with Crippen molar-refractivity contribution in [2.24, 2.45) is 5.73 Å². The standard InChI is InChI=1S/C27H30N4O3S/c1-35(33,34)31(19-21-6-3-2-4-7-21)24-14-15-25-23(18-24)8-5-17-30(25)26(32)16-11-20-9-12-22(13-10-20)27(28)29/h2-4,6-7,9-10,12-15,18H,5,8,11,16-17,19H2,1H3,(H3,28,29). The number of nitrogens with zero attached hydrogens (tertiary/aromatic N) is 2. The average molecular weight is 491 g/mol. The first-order valence-electron chi connectivity index (χ1n) is 11.6. The molecule has 0 aliphatic carbocycles. The maximum atomic E-state index is 13.1.